The summed E-state index contributed by atoms with van der Waals surface area (Å²) in [4.78, 5) is 27.9. The number of piperazine rings is 1. The molecule has 2 aromatic rings. The Morgan fingerprint density at radius 3 is 2.26 bits per heavy atom. The average Bonchev–Trinajstić information content (AvgIpc) is 3.26. The van der Waals surface area contributed by atoms with E-state index in [2.05, 4.69) is 0 Å². The minimum atomic E-state index is -0.169. The summed E-state index contributed by atoms with van der Waals surface area (Å²) < 4.78 is 15.6. The predicted octanol–water partition coefficient (Wildman–Crippen LogP) is 1.62. The number of ether oxygens (including phenoxy) is 1. The lowest BCUT2D eigenvalue weighted by atomic mass is 10.2. The van der Waals surface area contributed by atoms with E-state index in [-0.39, 0.29) is 11.8 Å². The van der Waals surface area contributed by atoms with E-state index in [0.717, 1.165) is 0 Å². The highest BCUT2D eigenvalue weighted by Gasteiger charge is 2.27. The van der Waals surface area contributed by atoms with E-state index in [1.807, 2.05) is 0 Å². The van der Waals surface area contributed by atoms with Gasteiger partial charge in [-0.2, -0.15) is 0 Å². The number of carbonyl (C=O) groups is 2. The summed E-state index contributed by atoms with van der Waals surface area (Å²) in [5.41, 5.74) is 0. The first-order valence-corrected chi connectivity index (χ1v) is 7.38. The lowest BCUT2D eigenvalue weighted by molar-refractivity contribution is 0.0499. The van der Waals surface area contributed by atoms with Crippen LogP contribution in [-0.4, -0.2) is 54.9 Å². The van der Waals surface area contributed by atoms with Crippen molar-refractivity contribution < 1.29 is 23.2 Å². The summed E-state index contributed by atoms with van der Waals surface area (Å²) in [7, 11) is 1.57. The molecule has 1 aliphatic heterocycles. The van der Waals surface area contributed by atoms with Gasteiger partial charge in [-0.25, -0.2) is 0 Å². The molecule has 0 radical (unpaired) electrons. The van der Waals surface area contributed by atoms with Gasteiger partial charge in [0.15, 0.2) is 11.5 Å². The standard InChI is InChI=1S/C16H18N2O5/c1-21-11-12-4-5-14(23-12)16(20)18-8-6-17(7-9-18)15(19)13-3-2-10-22-13/h2-5,10H,6-9,11H2,1H3. The topological polar surface area (TPSA) is 76.1 Å². The number of hydrogen-bond acceptors (Lipinski definition) is 5. The Bertz CT molecular complexity index is 668. The molecule has 0 aliphatic carbocycles. The van der Waals surface area contributed by atoms with Crippen LogP contribution in [0.3, 0.4) is 0 Å². The lowest BCUT2D eigenvalue weighted by Gasteiger charge is -2.33. The van der Waals surface area contributed by atoms with Gasteiger partial charge < -0.3 is 23.4 Å². The molecule has 0 saturated carbocycles. The molecule has 0 spiro atoms. The SMILES string of the molecule is COCc1ccc(C(=O)N2CCN(C(=O)c3ccco3)CC2)o1. The fourth-order valence-corrected chi connectivity index (χ4v) is 2.54. The molecule has 3 rings (SSSR count). The van der Waals surface area contributed by atoms with Gasteiger partial charge >= 0.3 is 0 Å². The molecular formula is C16H18N2O5. The van der Waals surface area contributed by atoms with Gasteiger partial charge in [-0.3, -0.25) is 9.59 Å². The zero-order valence-electron chi connectivity index (χ0n) is 12.9. The van der Waals surface area contributed by atoms with Gasteiger partial charge in [0.05, 0.1) is 6.26 Å². The molecule has 7 nitrogen and oxygen atoms in total. The smallest absolute Gasteiger partial charge is 0.289 e. The third-order valence-electron chi connectivity index (χ3n) is 3.75. The molecule has 0 aromatic carbocycles. The maximum Gasteiger partial charge on any atom is 0.289 e. The van der Waals surface area contributed by atoms with Gasteiger partial charge in [0.25, 0.3) is 11.8 Å². The second-order valence-corrected chi connectivity index (χ2v) is 5.26. The first-order chi connectivity index (χ1) is 11.2. The Morgan fingerprint density at radius 2 is 1.70 bits per heavy atom. The van der Waals surface area contributed by atoms with E-state index in [9.17, 15) is 9.59 Å². The monoisotopic (exact) mass is 318 g/mol. The molecule has 1 saturated heterocycles. The fourth-order valence-electron chi connectivity index (χ4n) is 2.54. The van der Waals surface area contributed by atoms with Gasteiger partial charge in [-0.1, -0.05) is 0 Å². The van der Waals surface area contributed by atoms with E-state index in [1.54, 1.807) is 41.2 Å². The van der Waals surface area contributed by atoms with Crippen molar-refractivity contribution in [3.8, 4) is 0 Å². The predicted molar refractivity (Wildman–Crippen MR) is 79.9 cm³/mol. The highest BCUT2D eigenvalue weighted by atomic mass is 16.5. The van der Waals surface area contributed by atoms with Crippen LogP contribution in [0.15, 0.2) is 39.4 Å². The molecule has 0 N–H and O–H groups in total. The molecule has 122 valence electrons. The zero-order valence-corrected chi connectivity index (χ0v) is 12.9. The number of furan rings is 2. The summed E-state index contributed by atoms with van der Waals surface area (Å²) in [5.74, 6) is 0.908. The molecule has 0 unspecified atom stereocenters. The Labute approximate surface area is 133 Å². The van der Waals surface area contributed by atoms with Gasteiger partial charge in [0.1, 0.15) is 12.4 Å². The molecule has 3 heterocycles. The van der Waals surface area contributed by atoms with Gasteiger partial charge in [-0.15, -0.1) is 0 Å². The summed E-state index contributed by atoms with van der Waals surface area (Å²) >= 11 is 0. The minimum absolute atomic E-state index is 0.150. The molecule has 23 heavy (non-hydrogen) atoms. The van der Waals surface area contributed by atoms with Crippen LogP contribution in [0, 0.1) is 0 Å². The van der Waals surface area contributed by atoms with E-state index in [0.29, 0.717) is 50.1 Å². The summed E-state index contributed by atoms with van der Waals surface area (Å²) in [6.45, 7) is 2.20. The summed E-state index contributed by atoms with van der Waals surface area (Å²) in [6.07, 6.45) is 1.47. The van der Waals surface area contributed by atoms with Crippen molar-refractivity contribution >= 4 is 11.8 Å². The van der Waals surface area contributed by atoms with Crippen LogP contribution in [0.25, 0.3) is 0 Å². The highest BCUT2D eigenvalue weighted by Crippen LogP contribution is 2.14. The van der Waals surface area contributed by atoms with E-state index in [1.165, 1.54) is 6.26 Å². The average molecular weight is 318 g/mol. The Balaban J connectivity index is 1.57. The quantitative estimate of drug-likeness (QED) is 0.856. The normalized spacial score (nSPS) is 15.0. The number of carbonyl (C=O) groups excluding carboxylic acids is 2. The van der Waals surface area contributed by atoms with Crippen molar-refractivity contribution in [2.75, 3.05) is 33.3 Å². The van der Waals surface area contributed by atoms with Crippen LogP contribution in [0.4, 0.5) is 0 Å². The van der Waals surface area contributed by atoms with Gasteiger partial charge in [0, 0.05) is 33.3 Å². The van der Waals surface area contributed by atoms with Crippen molar-refractivity contribution in [2.24, 2.45) is 0 Å². The second-order valence-electron chi connectivity index (χ2n) is 5.26. The van der Waals surface area contributed by atoms with Crippen molar-refractivity contribution in [2.45, 2.75) is 6.61 Å². The van der Waals surface area contributed by atoms with Crippen molar-refractivity contribution in [1.82, 2.24) is 9.80 Å². The third-order valence-corrected chi connectivity index (χ3v) is 3.75. The van der Waals surface area contributed by atoms with Crippen LogP contribution < -0.4 is 0 Å². The lowest BCUT2D eigenvalue weighted by Crippen LogP contribution is -2.50. The van der Waals surface area contributed by atoms with Gasteiger partial charge in [0.2, 0.25) is 0 Å². The molecule has 1 fully saturated rings. The Hall–Kier alpha value is -2.54. The molecule has 1 aliphatic rings. The maximum atomic E-state index is 12.4. The summed E-state index contributed by atoms with van der Waals surface area (Å²) in [5, 5.41) is 0. The third kappa shape index (κ3) is 3.29. The molecule has 2 aromatic heterocycles. The molecule has 2 amide bonds. The van der Waals surface area contributed by atoms with Crippen molar-refractivity contribution in [1.29, 1.82) is 0 Å². The first-order valence-electron chi connectivity index (χ1n) is 7.38. The second kappa shape index (κ2) is 6.70. The first kappa shape index (κ1) is 15.4. The number of rotatable bonds is 4. The van der Waals surface area contributed by atoms with E-state index in [4.69, 9.17) is 13.6 Å². The van der Waals surface area contributed by atoms with Crippen LogP contribution in [-0.2, 0) is 11.3 Å². The van der Waals surface area contributed by atoms with Crippen molar-refractivity contribution in [3.05, 3.63) is 47.8 Å². The molecule has 0 bridgehead atoms. The molecule has 7 heteroatoms. The van der Waals surface area contributed by atoms with Crippen LogP contribution in [0.5, 0.6) is 0 Å². The van der Waals surface area contributed by atoms with Crippen molar-refractivity contribution in [3.63, 3.8) is 0 Å². The number of nitrogens with zero attached hydrogens (tertiary/aromatic N) is 2. The zero-order chi connectivity index (χ0) is 16.2. The van der Waals surface area contributed by atoms with E-state index < -0.39 is 0 Å². The largest absolute Gasteiger partial charge is 0.459 e. The summed E-state index contributed by atoms with van der Waals surface area (Å²) in [6, 6.07) is 6.70. The fraction of sp³-hybridized carbons (Fsp3) is 0.375. The molecular weight excluding hydrogens is 300 g/mol. The molecule has 0 atom stereocenters. The number of methoxy groups -OCH3 is 1. The number of hydrogen-bond donors (Lipinski definition) is 0. The maximum absolute atomic E-state index is 12.4. The Morgan fingerprint density at radius 1 is 1.04 bits per heavy atom. The minimum Gasteiger partial charge on any atom is -0.459 e. The Kier molecular flexibility index (Phi) is 4.47. The van der Waals surface area contributed by atoms with Crippen LogP contribution >= 0.6 is 0 Å². The van der Waals surface area contributed by atoms with E-state index >= 15 is 0 Å². The van der Waals surface area contributed by atoms with Crippen LogP contribution in [0.1, 0.15) is 26.9 Å². The number of amides is 2. The van der Waals surface area contributed by atoms with Gasteiger partial charge in [-0.05, 0) is 24.3 Å². The highest BCUT2D eigenvalue weighted by molar-refractivity contribution is 5.93. The van der Waals surface area contributed by atoms with Crippen LogP contribution in [0.2, 0.25) is 0 Å².